The van der Waals surface area contributed by atoms with E-state index in [9.17, 15) is 18.0 Å². The van der Waals surface area contributed by atoms with E-state index in [1.54, 1.807) is 37.3 Å². The summed E-state index contributed by atoms with van der Waals surface area (Å²) in [7, 11) is 0. The Morgan fingerprint density at radius 1 is 1.06 bits per heavy atom. The second-order valence-electron chi connectivity index (χ2n) is 6.76. The molecule has 0 saturated heterocycles. The van der Waals surface area contributed by atoms with Crippen LogP contribution in [0.3, 0.4) is 0 Å². The number of alkyl halides is 3. The minimum absolute atomic E-state index is 0.126. The number of nitriles is 1. The van der Waals surface area contributed by atoms with Crippen LogP contribution >= 0.6 is 0 Å². The molecule has 5 nitrogen and oxygen atoms in total. The first-order valence-electron chi connectivity index (χ1n) is 9.81. The van der Waals surface area contributed by atoms with Crippen LogP contribution in [0, 0.1) is 11.3 Å². The van der Waals surface area contributed by atoms with Crippen LogP contribution < -0.4 is 4.74 Å². The number of rotatable bonds is 7. The minimum atomic E-state index is -4.61. The fraction of sp³-hybridized carbons (Fsp3) is 0.208. The summed E-state index contributed by atoms with van der Waals surface area (Å²) in [4.78, 5) is 16.1. The number of pyridine rings is 1. The summed E-state index contributed by atoms with van der Waals surface area (Å²) in [5.41, 5.74) is 0.761. The molecule has 3 aromatic rings. The van der Waals surface area contributed by atoms with Crippen molar-refractivity contribution in [1.82, 2.24) is 4.98 Å². The SMILES string of the molecule is CCOC(=O)CCc1cccc(-c2ccc(Oc3ccc(C(F)(F)F)c(C#N)c3)cc2)n1. The van der Waals surface area contributed by atoms with Gasteiger partial charge in [-0.25, -0.2) is 0 Å². The summed E-state index contributed by atoms with van der Waals surface area (Å²) in [5.74, 6) is 0.251. The Morgan fingerprint density at radius 3 is 2.44 bits per heavy atom. The van der Waals surface area contributed by atoms with E-state index >= 15 is 0 Å². The standard InChI is InChI=1S/C24H19F3N2O3/c1-2-31-23(30)13-8-18-4-3-5-22(29-18)16-6-9-19(10-7-16)32-20-11-12-21(24(25,26)27)17(14-20)15-28/h3-7,9-12,14H,2,8,13H2,1H3. The van der Waals surface area contributed by atoms with Crippen molar-refractivity contribution < 1.29 is 27.4 Å². The molecule has 0 aliphatic heterocycles. The highest BCUT2D eigenvalue weighted by Gasteiger charge is 2.33. The highest BCUT2D eigenvalue weighted by atomic mass is 19.4. The molecule has 2 aromatic carbocycles. The lowest BCUT2D eigenvalue weighted by atomic mass is 10.1. The Bertz CT molecular complexity index is 1140. The first-order chi connectivity index (χ1) is 15.3. The van der Waals surface area contributed by atoms with Crippen molar-refractivity contribution in [2.24, 2.45) is 0 Å². The normalized spacial score (nSPS) is 11.0. The molecule has 0 bridgehead atoms. The van der Waals surface area contributed by atoms with Crippen LogP contribution in [0.2, 0.25) is 0 Å². The van der Waals surface area contributed by atoms with Crippen molar-refractivity contribution in [2.45, 2.75) is 25.9 Å². The van der Waals surface area contributed by atoms with Crippen LogP contribution in [0.5, 0.6) is 11.5 Å². The third-order valence-corrected chi connectivity index (χ3v) is 4.50. The topological polar surface area (TPSA) is 72.2 Å². The number of hydrogen-bond donors (Lipinski definition) is 0. The summed E-state index contributed by atoms with van der Waals surface area (Å²) in [6, 6.07) is 17.0. The number of carbonyl (C=O) groups is 1. The third kappa shape index (κ3) is 5.85. The van der Waals surface area contributed by atoms with E-state index in [0.29, 0.717) is 24.5 Å². The highest BCUT2D eigenvalue weighted by Crippen LogP contribution is 2.34. The maximum atomic E-state index is 12.9. The van der Waals surface area contributed by atoms with Gasteiger partial charge in [-0.1, -0.05) is 6.07 Å². The number of carbonyl (C=O) groups excluding carboxylic acids is 1. The summed E-state index contributed by atoms with van der Waals surface area (Å²) in [5, 5.41) is 9.01. The van der Waals surface area contributed by atoms with Gasteiger partial charge in [0.1, 0.15) is 11.5 Å². The Balaban J connectivity index is 1.71. The molecule has 0 saturated carbocycles. The van der Waals surface area contributed by atoms with Crippen molar-refractivity contribution in [3.63, 3.8) is 0 Å². The third-order valence-electron chi connectivity index (χ3n) is 4.50. The molecule has 0 aliphatic carbocycles. The lowest BCUT2D eigenvalue weighted by molar-refractivity contribution is -0.143. The Morgan fingerprint density at radius 2 is 1.78 bits per heavy atom. The van der Waals surface area contributed by atoms with Gasteiger partial charge in [-0.3, -0.25) is 9.78 Å². The second-order valence-corrected chi connectivity index (χ2v) is 6.76. The molecular formula is C24H19F3N2O3. The lowest BCUT2D eigenvalue weighted by Crippen LogP contribution is -2.07. The molecule has 0 radical (unpaired) electrons. The molecule has 0 unspecified atom stereocenters. The number of aryl methyl sites for hydroxylation is 1. The number of ether oxygens (including phenoxy) is 2. The number of hydrogen-bond acceptors (Lipinski definition) is 5. The van der Waals surface area contributed by atoms with E-state index in [1.807, 2.05) is 18.2 Å². The van der Waals surface area contributed by atoms with Crippen molar-refractivity contribution in [1.29, 1.82) is 5.26 Å². The van der Waals surface area contributed by atoms with E-state index in [0.717, 1.165) is 23.4 Å². The van der Waals surface area contributed by atoms with Crippen molar-refractivity contribution in [2.75, 3.05) is 6.61 Å². The van der Waals surface area contributed by atoms with Gasteiger partial charge in [-0.05, 0) is 61.5 Å². The fourth-order valence-corrected chi connectivity index (χ4v) is 3.00. The van der Waals surface area contributed by atoms with Gasteiger partial charge in [0.05, 0.1) is 35.9 Å². The smallest absolute Gasteiger partial charge is 0.417 e. The second kappa shape index (κ2) is 9.96. The largest absolute Gasteiger partial charge is 0.466 e. The van der Waals surface area contributed by atoms with Crippen molar-refractivity contribution in [3.8, 4) is 28.8 Å². The number of halogens is 3. The van der Waals surface area contributed by atoms with Gasteiger partial charge in [0.15, 0.2) is 0 Å². The van der Waals surface area contributed by atoms with Crippen LogP contribution in [0.15, 0.2) is 60.7 Å². The molecule has 1 aromatic heterocycles. The predicted molar refractivity (Wildman–Crippen MR) is 111 cm³/mol. The van der Waals surface area contributed by atoms with Crippen LogP contribution in [-0.2, 0) is 22.1 Å². The quantitative estimate of drug-likeness (QED) is 0.426. The fourth-order valence-electron chi connectivity index (χ4n) is 3.00. The monoisotopic (exact) mass is 440 g/mol. The summed E-state index contributed by atoms with van der Waals surface area (Å²) >= 11 is 0. The van der Waals surface area contributed by atoms with Gasteiger partial charge in [0, 0.05) is 17.7 Å². The van der Waals surface area contributed by atoms with Gasteiger partial charge < -0.3 is 9.47 Å². The molecule has 0 atom stereocenters. The average Bonchev–Trinajstić information content (AvgIpc) is 2.78. The first-order valence-corrected chi connectivity index (χ1v) is 9.81. The molecule has 0 aliphatic rings. The van der Waals surface area contributed by atoms with E-state index in [2.05, 4.69) is 4.98 Å². The van der Waals surface area contributed by atoms with Gasteiger partial charge in [0.25, 0.3) is 0 Å². The summed E-state index contributed by atoms with van der Waals surface area (Å²) in [6.45, 7) is 2.09. The van der Waals surface area contributed by atoms with Gasteiger partial charge in [0.2, 0.25) is 0 Å². The summed E-state index contributed by atoms with van der Waals surface area (Å²) < 4.78 is 49.3. The summed E-state index contributed by atoms with van der Waals surface area (Å²) in [6.07, 6.45) is -3.90. The highest BCUT2D eigenvalue weighted by molar-refractivity contribution is 5.69. The van der Waals surface area contributed by atoms with E-state index in [4.69, 9.17) is 14.7 Å². The van der Waals surface area contributed by atoms with Crippen LogP contribution in [-0.4, -0.2) is 17.6 Å². The van der Waals surface area contributed by atoms with Gasteiger partial charge in [-0.2, -0.15) is 18.4 Å². The Kier molecular flexibility index (Phi) is 7.11. The van der Waals surface area contributed by atoms with Crippen molar-refractivity contribution >= 4 is 5.97 Å². The molecule has 8 heteroatoms. The number of benzene rings is 2. The number of esters is 1. The average molecular weight is 440 g/mol. The maximum absolute atomic E-state index is 12.9. The molecule has 1 heterocycles. The molecule has 164 valence electrons. The minimum Gasteiger partial charge on any atom is -0.466 e. The molecule has 3 rings (SSSR count). The molecule has 0 N–H and O–H groups in total. The number of aromatic nitrogens is 1. The van der Waals surface area contributed by atoms with Crippen LogP contribution in [0.4, 0.5) is 13.2 Å². The molecule has 0 amide bonds. The van der Waals surface area contributed by atoms with Crippen LogP contribution in [0.25, 0.3) is 11.3 Å². The van der Waals surface area contributed by atoms with Crippen molar-refractivity contribution in [3.05, 3.63) is 77.5 Å². The van der Waals surface area contributed by atoms with E-state index in [-0.39, 0.29) is 18.1 Å². The van der Waals surface area contributed by atoms with Gasteiger partial charge in [-0.15, -0.1) is 0 Å². The van der Waals surface area contributed by atoms with E-state index < -0.39 is 17.3 Å². The zero-order valence-electron chi connectivity index (χ0n) is 17.1. The zero-order chi connectivity index (χ0) is 23.1. The molecule has 0 fully saturated rings. The molecular weight excluding hydrogens is 421 g/mol. The van der Waals surface area contributed by atoms with Crippen LogP contribution in [0.1, 0.15) is 30.2 Å². The first kappa shape index (κ1) is 22.8. The molecule has 32 heavy (non-hydrogen) atoms. The lowest BCUT2D eigenvalue weighted by Gasteiger charge is -2.11. The Hall–Kier alpha value is -3.86. The Labute approximate surface area is 183 Å². The predicted octanol–water partition coefficient (Wildman–Crippen LogP) is 5.93. The molecule has 0 spiro atoms. The zero-order valence-corrected chi connectivity index (χ0v) is 17.1. The van der Waals surface area contributed by atoms with Gasteiger partial charge >= 0.3 is 12.1 Å². The van der Waals surface area contributed by atoms with E-state index in [1.165, 1.54) is 6.07 Å². The number of nitrogens with zero attached hydrogens (tertiary/aromatic N) is 2. The maximum Gasteiger partial charge on any atom is 0.417 e.